The van der Waals surface area contributed by atoms with Crippen molar-refractivity contribution >= 4 is 11.8 Å². The van der Waals surface area contributed by atoms with Gasteiger partial charge in [0.2, 0.25) is 11.7 Å². The molecule has 0 bridgehead atoms. The summed E-state index contributed by atoms with van der Waals surface area (Å²) in [6, 6.07) is 0. The average molecular weight is 252 g/mol. The Kier molecular flexibility index (Phi) is 3.88. The van der Waals surface area contributed by atoms with Gasteiger partial charge in [-0.25, -0.2) is 4.98 Å². The lowest BCUT2D eigenvalue weighted by molar-refractivity contribution is -0.122. The molecule has 0 atom stereocenters. The molecule has 0 saturated carbocycles. The minimum atomic E-state index is -0.146. The summed E-state index contributed by atoms with van der Waals surface area (Å²) in [5.41, 5.74) is 0. The second-order valence-electron chi connectivity index (χ2n) is 4.08. The first kappa shape index (κ1) is 12.5. The number of nitrogens with one attached hydrogen (secondary N) is 2. The van der Waals surface area contributed by atoms with E-state index in [2.05, 4.69) is 20.5 Å². The van der Waals surface area contributed by atoms with Gasteiger partial charge in [-0.05, 0) is 0 Å². The Hall–Kier alpha value is -1.96. The summed E-state index contributed by atoms with van der Waals surface area (Å²) in [5.74, 6) is 0.104. The van der Waals surface area contributed by atoms with Crippen molar-refractivity contribution in [3.8, 4) is 0 Å². The largest absolute Gasteiger partial charge is 0.358 e. The van der Waals surface area contributed by atoms with Crippen molar-refractivity contribution in [3.63, 3.8) is 0 Å². The van der Waals surface area contributed by atoms with Gasteiger partial charge in [0.05, 0.1) is 6.54 Å². The highest BCUT2D eigenvalue weighted by Crippen LogP contribution is 2.04. The molecule has 0 aliphatic carbocycles. The molecular weight excluding hydrogens is 236 g/mol. The fourth-order valence-electron chi connectivity index (χ4n) is 1.85. The molecule has 2 rings (SSSR count). The third-order valence-corrected chi connectivity index (χ3v) is 2.92. The highest BCUT2D eigenvalue weighted by molar-refractivity contribution is 5.90. The maximum absolute atomic E-state index is 11.9. The maximum Gasteiger partial charge on any atom is 0.291 e. The molecule has 1 aromatic heterocycles. The molecule has 2 N–H and O–H groups in total. The second kappa shape index (κ2) is 5.58. The van der Waals surface area contributed by atoms with Gasteiger partial charge < -0.3 is 10.2 Å². The van der Waals surface area contributed by atoms with E-state index in [-0.39, 0.29) is 17.6 Å². The van der Waals surface area contributed by atoms with Crippen LogP contribution in [0.5, 0.6) is 0 Å². The summed E-state index contributed by atoms with van der Waals surface area (Å²) in [6.45, 7) is 2.94. The van der Waals surface area contributed by atoms with Crippen LogP contribution >= 0.6 is 0 Å². The molecule has 8 nitrogen and oxygen atoms in total. The number of hydrogen-bond donors (Lipinski definition) is 2. The number of nitrogens with zero attached hydrogens (tertiary/aromatic N) is 4. The van der Waals surface area contributed by atoms with Crippen molar-refractivity contribution in [3.05, 3.63) is 12.2 Å². The average Bonchev–Trinajstić information content (AvgIpc) is 2.92. The van der Waals surface area contributed by atoms with E-state index in [0.29, 0.717) is 32.7 Å². The van der Waals surface area contributed by atoms with Crippen molar-refractivity contribution in [2.24, 2.45) is 0 Å². The standard InChI is InChI=1S/C10H16N6O2/c1-11-8(17)6-15-2-4-16(5-3-15)10(18)9-12-7-13-14-9/h7H,2-6H2,1H3,(H,11,17)(H,12,13,14). The lowest BCUT2D eigenvalue weighted by Crippen LogP contribution is -2.51. The minimum absolute atomic E-state index is 0.00925. The molecule has 0 unspecified atom stereocenters. The van der Waals surface area contributed by atoms with Crippen LogP contribution in [0.3, 0.4) is 0 Å². The predicted octanol–water partition coefficient (Wildman–Crippen LogP) is -1.69. The number of carbonyl (C=O) groups excluding carboxylic acids is 2. The second-order valence-corrected chi connectivity index (χ2v) is 4.08. The third-order valence-electron chi connectivity index (χ3n) is 2.92. The normalized spacial score (nSPS) is 16.6. The summed E-state index contributed by atoms with van der Waals surface area (Å²) in [7, 11) is 1.62. The van der Waals surface area contributed by atoms with Gasteiger partial charge in [-0.15, -0.1) is 0 Å². The Bertz CT molecular complexity index is 410. The smallest absolute Gasteiger partial charge is 0.291 e. The summed E-state index contributed by atoms with van der Waals surface area (Å²) < 4.78 is 0. The lowest BCUT2D eigenvalue weighted by atomic mass is 10.3. The number of amides is 2. The number of H-pyrrole nitrogens is 1. The van der Waals surface area contributed by atoms with Crippen molar-refractivity contribution in [1.29, 1.82) is 0 Å². The Labute approximate surface area is 104 Å². The van der Waals surface area contributed by atoms with E-state index in [0.717, 1.165) is 0 Å². The van der Waals surface area contributed by atoms with Gasteiger partial charge in [-0.3, -0.25) is 19.6 Å². The van der Waals surface area contributed by atoms with E-state index in [1.165, 1.54) is 6.33 Å². The Morgan fingerprint density at radius 2 is 2.11 bits per heavy atom. The van der Waals surface area contributed by atoms with Gasteiger partial charge in [0.1, 0.15) is 6.33 Å². The molecule has 1 saturated heterocycles. The number of aromatic amines is 1. The summed E-state index contributed by atoms with van der Waals surface area (Å²) in [4.78, 5) is 30.7. The fourth-order valence-corrected chi connectivity index (χ4v) is 1.85. The van der Waals surface area contributed by atoms with Gasteiger partial charge >= 0.3 is 0 Å². The van der Waals surface area contributed by atoms with E-state index in [9.17, 15) is 9.59 Å². The van der Waals surface area contributed by atoms with Gasteiger partial charge in [0.15, 0.2) is 0 Å². The van der Waals surface area contributed by atoms with Gasteiger partial charge in [0.25, 0.3) is 5.91 Å². The van der Waals surface area contributed by atoms with Crippen LogP contribution in [-0.2, 0) is 4.79 Å². The van der Waals surface area contributed by atoms with Crippen molar-refractivity contribution in [2.75, 3.05) is 39.8 Å². The lowest BCUT2D eigenvalue weighted by Gasteiger charge is -2.33. The SMILES string of the molecule is CNC(=O)CN1CCN(C(=O)c2ncn[nH]2)CC1. The first-order valence-corrected chi connectivity index (χ1v) is 5.78. The van der Waals surface area contributed by atoms with Crippen LogP contribution in [0.15, 0.2) is 6.33 Å². The van der Waals surface area contributed by atoms with Crippen molar-refractivity contribution < 1.29 is 9.59 Å². The molecule has 18 heavy (non-hydrogen) atoms. The number of piperazine rings is 1. The predicted molar refractivity (Wildman–Crippen MR) is 62.8 cm³/mol. The molecule has 0 radical (unpaired) electrons. The van der Waals surface area contributed by atoms with Crippen LogP contribution in [0.2, 0.25) is 0 Å². The monoisotopic (exact) mass is 252 g/mol. The molecule has 8 heteroatoms. The highest BCUT2D eigenvalue weighted by atomic mass is 16.2. The minimum Gasteiger partial charge on any atom is -0.358 e. The van der Waals surface area contributed by atoms with Crippen LogP contribution in [0.4, 0.5) is 0 Å². The number of aromatic nitrogens is 3. The highest BCUT2D eigenvalue weighted by Gasteiger charge is 2.24. The number of rotatable bonds is 3. The molecular formula is C10H16N6O2. The number of likely N-dealkylation sites (N-methyl/N-ethyl adjacent to an activating group) is 1. The fraction of sp³-hybridized carbons (Fsp3) is 0.600. The number of hydrogen-bond acceptors (Lipinski definition) is 5. The van der Waals surface area contributed by atoms with Crippen LogP contribution in [0, 0.1) is 0 Å². The molecule has 0 aromatic carbocycles. The molecule has 1 fully saturated rings. The van der Waals surface area contributed by atoms with E-state index >= 15 is 0 Å². The topological polar surface area (TPSA) is 94.2 Å². The van der Waals surface area contributed by atoms with Gasteiger partial charge in [0, 0.05) is 33.2 Å². The van der Waals surface area contributed by atoms with Gasteiger partial charge in [-0.2, -0.15) is 5.10 Å². The first-order chi connectivity index (χ1) is 8.70. The van der Waals surface area contributed by atoms with Crippen LogP contribution in [0.25, 0.3) is 0 Å². The Morgan fingerprint density at radius 1 is 1.39 bits per heavy atom. The molecule has 98 valence electrons. The molecule has 1 aliphatic heterocycles. The van der Waals surface area contributed by atoms with Crippen molar-refractivity contribution in [2.45, 2.75) is 0 Å². The zero-order valence-electron chi connectivity index (χ0n) is 10.2. The van der Waals surface area contributed by atoms with Crippen LogP contribution in [-0.4, -0.2) is 76.6 Å². The summed E-state index contributed by atoms with van der Waals surface area (Å²) in [6.07, 6.45) is 1.31. The summed E-state index contributed by atoms with van der Waals surface area (Å²) in [5, 5.41) is 8.80. The number of carbonyl (C=O) groups is 2. The Balaban J connectivity index is 1.83. The van der Waals surface area contributed by atoms with E-state index in [1.807, 2.05) is 4.90 Å². The Morgan fingerprint density at radius 3 is 2.67 bits per heavy atom. The van der Waals surface area contributed by atoms with Crippen molar-refractivity contribution in [1.82, 2.24) is 30.3 Å². The van der Waals surface area contributed by atoms with Gasteiger partial charge in [-0.1, -0.05) is 0 Å². The van der Waals surface area contributed by atoms with Crippen LogP contribution < -0.4 is 5.32 Å². The van der Waals surface area contributed by atoms with E-state index < -0.39 is 0 Å². The van der Waals surface area contributed by atoms with E-state index in [4.69, 9.17) is 0 Å². The maximum atomic E-state index is 11.9. The third kappa shape index (κ3) is 2.83. The summed E-state index contributed by atoms with van der Waals surface area (Å²) >= 11 is 0. The molecule has 2 amide bonds. The first-order valence-electron chi connectivity index (χ1n) is 5.78. The zero-order chi connectivity index (χ0) is 13.0. The molecule has 1 aromatic rings. The zero-order valence-corrected chi connectivity index (χ0v) is 10.2. The van der Waals surface area contributed by atoms with Crippen LogP contribution in [0.1, 0.15) is 10.6 Å². The molecule has 1 aliphatic rings. The quantitative estimate of drug-likeness (QED) is 0.669. The van der Waals surface area contributed by atoms with E-state index in [1.54, 1.807) is 11.9 Å². The molecule has 0 spiro atoms. The molecule has 2 heterocycles.